The Balaban J connectivity index is 2.17. The lowest BCUT2D eigenvalue weighted by atomic mass is 10.1. The number of hydrogen-bond donors (Lipinski definition) is 0. The number of rotatable bonds is 9. The van der Waals surface area contributed by atoms with Crippen LogP contribution in [0, 0.1) is 13.8 Å². The highest BCUT2D eigenvalue weighted by Gasteiger charge is 2.32. The molecule has 0 unspecified atom stereocenters. The number of aryl methyl sites for hydroxylation is 1. The molecule has 0 bridgehead atoms. The molecular weight excluding hydrogens is 383 g/mol. The van der Waals surface area contributed by atoms with Crippen molar-refractivity contribution in [2.24, 2.45) is 0 Å². The lowest BCUT2D eigenvalue weighted by Gasteiger charge is -2.22. The average molecular weight is 409 g/mol. The van der Waals surface area contributed by atoms with Gasteiger partial charge >= 0.3 is 6.18 Å². The van der Waals surface area contributed by atoms with E-state index in [1.54, 1.807) is 11.6 Å². The highest BCUT2D eigenvalue weighted by atomic mass is 19.4. The number of hydrogen-bond acceptors (Lipinski definition) is 3. The molecule has 1 aromatic heterocycles. The van der Waals surface area contributed by atoms with E-state index in [1.165, 1.54) is 12.2 Å². The van der Waals surface area contributed by atoms with Crippen molar-refractivity contribution in [3.63, 3.8) is 0 Å². The van der Waals surface area contributed by atoms with Crippen LogP contribution in [0.5, 0.6) is 0 Å². The summed E-state index contributed by atoms with van der Waals surface area (Å²) in [5, 5.41) is 4.48. The van der Waals surface area contributed by atoms with Crippen molar-refractivity contribution in [1.29, 1.82) is 0 Å². The molecular formula is C21H26F3N3O2. The Morgan fingerprint density at radius 2 is 1.93 bits per heavy atom. The average Bonchev–Trinajstić information content (AvgIpc) is 2.96. The Morgan fingerprint density at radius 3 is 2.55 bits per heavy atom. The van der Waals surface area contributed by atoms with E-state index in [9.17, 15) is 18.0 Å². The van der Waals surface area contributed by atoms with Crippen LogP contribution in [0.4, 0.5) is 13.2 Å². The number of ether oxygens (including phenoxy) is 1. The van der Waals surface area contributed by atoms with Crippen LogP contribution in [-0.2, 0) is 9.53 Å². The van der Waals surface area contributed by atoms with Gasteiger partial charge in [-0.1, -0.05) is 18.2 Å². The molecule has 1 amide bonds. The first-order chi connectivity index (χ1) is 13.7. The molecule has 0 N–H and O–H groups in total. The van der Waals surface area contributed by atoms with E-state index in [1.807, 2.05) is 44.2 Å². The second-order valence-electron chi connectivity index (χ2n) is 6.59. The first-order valence-corrected chi connectivity index (χ1v) is 9.46. The van der Waals surface area contributed by atoms with Crippen molar-refractivity contribution in [1.82, 2.24) is 14.7 Å². The first kappa shape index (κ1) is 22.7. The van der Waals surface area contributed by atoms with E-state index >= 15 is 0 Å². The fraction of sp³-hybridized carbons (Fsp3) is 0.429. The number of carbonyl (C=O) groups is 1. The first-order valence-electron chi connectivity index (χ1n) is 9.46. The summed E-state index contributed by atoms with van der Waals surface area (Å²) in [5.74, 6) is -0.690. The molecule has 29 heavy (non-hydrogen) atoms. The minimum atomic E-state index is -4.46. The van der Waals surface area contributed by atoms with Gasteiger partial charge in [0.25, 0.3) is 0 Å². The van der Waals surface area contributed by atoms with Crippen molar-refractivity contribution in [3.05, 3.63) is 53.4 Å². The maximum absolute atomic E-state index is 12.9. The van der Waals surface area contributed by atoms with Crippen molar-refractivity contribution in [2.45, 2.75) is 33.4 Å². The van der Waals surface area contributed by atoms with Gasteiger partial charge in [0.15, 0.2) is 0 Å². The summed E-state index contributed by atoms with van der Waals surface area (Å²) >= 11 is 0. The van der Waals surface area contributed by atoms with Crippen LogP contribution in [0.2, 0.25) is 0 Å². The van der Waals surface area contributed by atoms with Gasteiger partial charge in [-0.05, 0) is 45.4 Å². The predicted molar refractivity (Wildman–Crippen MR) is 106 cm³/mol. The largest absolute Gasteiger partial charge is 0.406 e. The highest BCUT2D eigenvalue weighted by Crippen LogP contribution is 2.20. The van der Waals surface area contributed by atoms with Crippen molar-refractivity contribution >= 4 is 12.0 Å². The summed E-state index contributed by atoms with van der Waals surface area (Å²) in [6.45, 7) is 4.94. The summed E-state index contributed by atoms with van der Waals surface area (Å²) in [6.07, 6.45) is -1.41. The number of aromatic nitrogens is 2. The van der Waals surface area contributed by atoms with E-state index in [0.717, 1.165) is 16.3 Å². The summed E-state index contributed by atoms with van der Waals surface area (Å²) in [7, 11) is 0. The molecule has 0 aliphatic heterocycles. The van der Waals surface area contributed by atoms with Gasteiger partial charge in [-0.25, -0.2) is 4.68 Å². The number of amides is 1. The number of carbonyl (C=O) groups excluding carboxylic acids is 1. The second kappa shape index (κ2) is 10.2. The third-order valence-corrected chi connectivity index (χ3v) is 4.34. The topological polar surface area (TPSA) is 47.4 Å². The van der Waals surface area contributed by atoms with Gasteiger partial charge in [0, 0.05) is 37.1 Å². The van der Waals surface area contributed by atoms with Crippen LogP contribution in [0.25, 0.3) is 11.8 Å². The summed E-state index contributed by atoms with van der Waals surface area (Å²) in [5.41, 5.74) is 3.07. The van der Waals surface area contributed by atoms with Crippen LogP contribution in [0.3, 0.4) is 0 Å². The Hall–Kier alpha value is -2.61. The lowest BCUT2D eigenvalue weighted by molar-refractivity contribution is -0.158. The quantitative estimate of drug-likeness (QED) is 0.458. The summed E-state index contributed by atoms with van der Waals surface area (Å²) in [4.78, 5) is 13.2. The Morgan fingerprint density at radius 1 is 1.24 bits per heavy atom. The van der Waals surface area contributed by atoms with Crippen LogP contribution < -0.4 is 0 Å². The molecule has 0 aliphatic carbocycles. The zero-order valence-electron chi connectivity index (χ0n) is 16.9. The van der Waals surface area contributed by atoms with Crippen LogP contribution in [0.15, 0.2) is 36.4 Å². The molecule has 5 nitrogen and oxygen atoms in total. The Bertz CT molecular complexity index is 830. The Labute approximate surface area is 168 Å². The number of halogens is 3. The SMILES string of the molecule is CCOCCCN(CC(F)(F)F)C(=O)/C=C/c1c(C)nn(-c2ccccc2)c1C. The molecule has 0 aliphatic rings. The minimum absolute atomic E-state index is 0.0239. The molecule has 2 aromatic rings. The molecule has 0 spiro atoms. The Kier molecular flexibility index (Phi) is 8.01. The van der Waals surface area contributed by atoms with Gasteiger partial charge < -0.3 is 9.64 Å². The number of alkyl halides is 3. The second-order valence-corrected chi connectivity index (χ2v) is 6.59. The molecule has 1 heterocycles. The number of benzene rings is 1. The molecule has 1 aromatic carbocycles. The molecule has 0 radical (unpaired) electrons. The van der Waals surface area contributed by atoms with E-state index in [-0.39, 0.29) is 6.54 Å². The van der Waals surface area contributed by atoms with E-state index in [2.05, 4.69) is 5.10 Å². The zero-order chi connectivity index (χ0) is 21.4. The van der Waals surface area contributed by atoms with Gasteiger partial charge in [0.05, 0.1) is 11.4 Å². The number of nitrogens with zero attached hydrogens (tertiary/aromatic N) is 3. The van der Waals surface area contributed by atoms with Crippen molar-refractivity contribution in [3.8, 4) is 5.69 Å². The van der Waals surface area contributed by atoms with Crippen LogP contribution >= 0.6 is 0 Å². The van der Waals surface area contributed by atoms with Gasteiger partial charge in [0.2, 0.25) is 5.91 Å². The maximum Gasteiger partial charge on any atom is 0.406 e. The minimum Gasteiger partial charge on any atom is -0.382 e. The van der Waals surface area contributed by atoms with Gasteiger partial charge in [-0.3, -0.25) is 4.79 Å². The smallest absolute Gasteiger partial charge is 0.382 e. The fourth-order valence-electron chi connectivity index (χ4n) is 2.96. The van der Waals surface area contributed by atoms with Crippen LogP contribution in [-0.4, -0.2) is 53.1 Å². The number of para-hydroxylation sites is 1. The van der Waals surface area contributed by atoms with E-state index in [4.69, 9.17) is 4.74 Å². The normalized spacial score (nSPS) is 11.9. The van der Waals surface area contributed by atoms with Gasteiger partial charge in [-0.2, -0.15) is 18.3 Å². The third-order valence-electron chi connectivity index (χ3n) is 4.34. The summed E-state index contributed by atoms with van der Waals surface area (Å²) < 4.78 is 45.5. The molecule has 0 atom stereocenters. The molecule has 2 rings (SSSR count). The fourth-order valence-corrected chi connectivity index (χ4v) is 2.96. The van der Waals surface area contributed by atoms with E-state index in [0.29, 0.717) is 30.9 Å². The third kappa shape index (κ3) is 6.74. The lowest BCUT2D eigenvalue weighted by Crippen LogP contribution is -2.39. The van der Waals surface area contributed by atoms with Crippen molar-refractivity contribution < 1.29 is 22.7 Å². The van der Waals surface area contributed by atoms with E-state index < -0.39 is 18.6 Å². The molecule has 0 saturated heterocycles. The van der Waals surface area contributed by atoms with Gasteiger partial charge in [0.1, 0.15) is 6.54 Å². The highest BCUT2D eigenvalue weighted by molar-refractivity contribution is 5.92. The zero-order valence-corrected chi connectivity index (χ0v) is 16.9. The molecule has 0 fully saturated rings. The molecule has 0 saturated carbocycles. The monoisotopic (exact) mass is 409 g/mol. The predicted octanol–water partition coefficient (Wildman–Crippen LogP) is 4.32. The van der Waals surface area contributed by atoms with Crippen molar-refractivity contribution in [2.75, 3.05) is 26.3 Å². The molecule has 158 valence electrons. The maximum atomic E-state index is 12.9. The standard InChI is InChI=1S/C21H26F3N3O2/c1-4-29-14-8-13-26(15-21(22,23)24)20(28)12-11-19-16(2)25-27(17(19)3)18-9-6-5-7-10-18/h5-7,9-12H,4,8,13-15H2,1-3H3/b12-11+. The van der Waals surface area contributed by atoms with Crippen LogP contribution in [0.1, 0.15) is 30.3 Å². The van der Waals surface area contributed by atoms with Gasteiger partial charge in [-0.15, -0.1) is 0 Å². The summed E-state index contributed by atoms with van der Waals surface area (Å²) in [6, 6.07) is 9.49. The molecule has 8 heteroatoms.